The van der Waals surface area contributed by atoms with Crippen molar-refractivity contribution < 1.29 is 14.3 Å². The van der Waals surface area contributed by atoms with Gasteiger partial charge >= 0.3 is 0 Å². The molecule has 0 fully saturated rings. The van der Waals surface area contributed by atoms with Gasteiger partial charge in [-0.2, -0.15) is 0 Å². The van der Waals surface area contributed by atoms with Crippen molar-refractivity contribution in [2.45, 2.75) is 27.2 Å². The summed E-state index contributed by atoms with van der Waals surface area (Å²) in [6, 6.07) is 5.26. The molecule has 1 aliphatic heterocycles. The van der Waals surface area contributed by atoms with Crippen molar-refractivity contribution in [1.82, 2.24) is 5.32 Å². The summed E-state index contributed by atoms with van der Waals surface area (Å²) >= 11 is 0. The van der Waals surface area contributed by atoms with Gasteiger partial charge in [0, 0.05) is 18.5 Å². The van der Waals surface area contributed by atoms with Gasteiger partial charge in [0.05, 0.1) is 13.2 Å². The van der Waals surface area contributed by atoms with Crippen LogP contribution in [0.4, 0.5) is 0 Å². The molecule has 1 amide bonds. The maximum absolute atomic E-state index is 11.6. The van der Waals surface area contributed by atoms with E-state index in [1.54, 1.807) is 18.2 Å². The Labute approximate surface area is 108 Å². The Morgan fingerprint density at radius 1 is 1.22 bits per heavy atom. The molecule has 0 saturated heterocycles. The van der Waals surface area contributed by atoms with Crippen LogP contribution in [0, 0.1) is 0 Å². The Bertz CT molecular complexity index is 391. The molecule has 0 aliphatic carbocycles. The van der Waals surface area contributed by atoms with E-state index < -0.39 is 0 Å². The average Bonchev–Trinajstić information content (AvgIpc) is 2.65. The second-order valence-electron chi connectivity index (χ2n) is 3.57. The largest absolute Gasteiger partial charge is 0.490 e. The summed E-state index contributed by atoms with van der Waals surface area (Å²) < 4.78 is 11.0. The van der Waals surface area contributed by atoms with Gasteiger partial charge in [-0.05, 0) is 25.1 Å². The van der Waals surface area contributed by atoms with Crippen LogP contribution in [-0.2, 0) is 0 Å². The van der Waals surface area contributed by atoms with Crippen molar-refractivity contribution in [3.63, 3.8) is 0 Å². The number of benzene rings is 1. The molecular weight excluding hydrogens is 230 g/mol. The highest BCUT2D eigenvalue weighted by Gasteiger charge is 2.13. The van der Waals surface area contributed by atoms with E-state index in [0.29, 0.717) is 36.8 Å². The minimum absolute atomic E-state index is 0.0850. The van der Waals surface area contributed by atoms with Gasteiger partial charge in [0.2, 0.25) is 0 Å². The first-order valence-electron chi connectivity index (χ1n) is 6.49. The highest BCUT2D eigenvalue weighted by Crippen LogP contribution is 2.30. The van der Waals surface area contributed by atoms with Gasteiger partial charge in [-0.1, -0.05) is 13.8 Å². The lowest BCUT2D eigenvalue weighted by Crippen LogP contribution is -2.22. The third-order valence-corrected chi connectivity index (χ3v) is 2.35. The molecule has 100 valence electrons. The minimum atomic E-state index is -0.0850. The summed E-state index contributed by atoms with van der Waals surface area (Å²) in [5.74, 6) is 1.28. The number of carbonyl (C=O) groups is 1. The van der Waals surface area contributed by atoms with Crippen LogP contribution >= 0.6 is 0 Å². The fraction of sp³-hybridized carbons (Fsp3) is 0.500. The first kappa shape index (κ1) is 14.4. The number of nitrogens with one attached hydrogen (secondary N) is 1. The van der Waals surface area contributed by atoms with E-state index in [9.17, 15) is 4.79 Å². The summed E-state index contributed by atoms with van der Waals surface area (Å²) in [6.45, 7) is 7.80. The SMILES string of the molecule is CC.CCNC(=O)c1ccc2c(c1)OCCCO2. The molecule has 4 heteroatoms. The van der Waals surface area contributed by atoms with Crippen molar-refractivity contribution in [2.24, 2.45) is 0 Å². The molecule has 1 aromatic rings. The number of rotatable bonds is 2. The van der Waals surface area contributed by atoms with E-state index in [4.69, 9.17) is 9.47 Å². The minimum Gasteiger partial charge on any atom is -0.490 e. The Kier molecular flexibility index (Phi) is 6.05. The van der Waals surface area contributed by atoms with Crippen molar-refractivity contribution in [2.75, 3.05) is 19.8 Å². The molecule has 0 atom stereocenters. The molecule has 1 aliphatic rings. The molecule has 4 nitrogen and oxygen atoms in total. The number of hydrogen-bond acceptors (Lipinski definition) is 3. The van der Waals surface area contributed by atoms with Crippen LogP contribution in [0.25, 0.3) is 0 Å². The van der Waals surface area contributed by atoms with Crippen molar-refractivity contribution in [3.8, 4) is 11.5 Å². The van der Waals surface area contributed by atoms with Crippen LogP contribution < -0.4 is 14.8 Å². The number of amides is 1. The first-order valence-corrected chi connectivity index (χ1v) is 6.49. The highest BCUT2D eigenvalue weighted by molar-refractivity contribution is 5.94. The van der Waals surface area contributed by atoms with E-state index in [0.717, 1.165) is 6.42 Å². The molecule has 0 bridgehead atoms. The van der Waals surface area contributed by atoms with E-state index in [-0.39, 0.29) is 5.91 Å². The Balaban J connectivity index is 0.000000771. The summed E-state index contributed by atoms with van der Waals surface area (Å²) in [4.78, 5) is 11.6. The number of ether oxygens (including phenoxy) is 2. The fourth-order valence-electron chi connectivity index (χ4n) is 1.57. The van der Waals surface area contributed by atoms with Crippen LogP contribution in [0.1, 0.15) is 37.6 Å². The van der Waals surface area contributed by atoms with E-state index in [1.807, 2.05) is 20.8 Å². The molecule has 1 N–H and O–H groups in total. The third-order valence-electron chi connectivity index (χ3n) is 2.35. The Morgan fingerprint density at radius 2 is 1.89 bits per heavy atom. The molecular formula is C14H21NO3. The predicted molar refractivity (Wildman–Crippen MR) is 71.4 cm³/mol. The molecule has 0 aromatic heterocycles. The van der Waals surface area contributed by atoms with Crippen LogP contribution in [0.15, 0.2) is 18.2 Å². The zero-order valence-electron chi connectivity index (χ0n) is 11.3. The Hall–Kier alpha value is -1.71. The topological polar surface area (TPSA) is 47.6 Å². The number of hydrogen-bond donors (Lipinski definition) is 1. The van der Waals surface area contributed by atoms with Gasteiger partial charge in [0.15, 0.2) is 11.5 Å². The summed E-state index contributed by atoms with van der Waals surface area (Å²) in [6.07, 6.45) is 0.866. The molecule has 1 aromatic carbocycles. The maximum atomic E-state index is 11.6. The second kappa shape index (κ2) is 7.58. The van der Waals surface area contributed by atoms with Crippen LogP contribution in [0.2, 0.25) is 0 Å². The Morgan fingerprint density at radius 3 is 2.56 bits per heavy atom. The maximum Gasteiger partial charge on any atom is 0.251 e. The molecule has 0 radical (unpaired) electrons. The first-order chi connectivity index (χ1) is 8.81. The molecule has 0 unspecified atom stereocenters. The second-order valence-corrected chi connectivity index (χ2v) is 3.57. The van der Waals surface area contributed by atoms with Crippen LogP contribution in [0.5, 0.6) is 11.5 Å². The van der Waals surface area contributed by atoms with E-state index in [1.165, 1.54) is 0 Å². The lowest BCUT2D eigenvalue weighted by atomic mass is 10.2. The van der Waals surface area contributed by atoms with Crippen molar-refractivity contribution >= 4 is 5.91 Å². The zero-order valence-corrected chi connectivity index (χ0v) is 11.3. The van der Waals surface area contributed by atoms with Gasteiger partial charge in [-0.3, -0.25) is 4.79 Å². The van der Waals surface area contributed by atoms with Crippen LogP contribution in [0.3, 0.4) is 0 Å². The van der Waals surface area contributed by atoms with E-state index >= 15 is 0 Å². The molecule has 1 heterocycles. The molecule has 2 rings (SSSR count). The fourth-order valence-corrected chi connectivity index (χ4v) is 1.57. The highest BCUT2D eigenvalue weighted by atomic mass is 16.5. The van der Waals surface area contributed by atoms with Crippen LogP contribution in [-0.4, -0.2) is 25.7 Å². The van der Waals surface area contributed by atoms with Gasteiger partial charge in [0.25, 0.3) is 5.91 Å². The average molecular weight is 251 g/mol. The number of fused-ring (bicyclic) bond motifs is 1. The standard InChI is InChI=1S/C12H15NO3.C2H6/c1-2-13-12(14)9-4-5-10-11(8-9)16-7-3-6-15-10;1-2/h4-5,8H,2-3,6-7H2,1H3,(H,13,14);1-2H3. The molecule has 0 spiro atoms. The lowest BCUT2D eigenvalue weighted by Gasteiger charge is -2.08. The van der Waals surface area contributed by atoms with Gasteiger partial charge in [0.1, 0.15) is 0 Å². The smallest absolute Gasteiger partial charge is 0.251 e. The summed E-state index contributed by atoms with van der Waals surface area (Å²) in [5.41, 5.74) is 0.603. The summed E-state index contributed by atoms with van der Waals surface area (Å²) in [5, 5.41) is 2.75. The third kappa shape index (κ3) is 3.65. The monoisotopic (exact) mass is 251 g/mol. The van der Waals surface area contributed by atoms with Gasteiger partial charge in [-0.15, -0.1) is 0 Å². The van der Waals surface area contributed by atoms with Gasteiger partial charge < -0.3 is 14.8 Å². The van der Waals surface area contributed by atoms with E-state index in [2.05, 4.69) is 5.32 Å². The summed E-state index contributed by atoms with van der Waals surface area (Å²) in [7, 11) is 0. The predicted octanol–water partition coefficient (Wildman–Crippen LogP) is 2.62. The zero-order chi connectivity index (χ0) is 13.4. The normalized spacial score (nSPS) is 12.8. The van der Waals surface area contributed by atoms with Crippen molar-refractivity contribution in [1.29, 1.82) is 0 Å². The quantitative estimate of drug-likeness (QED) is 0.879. The van der Waals surface area contributed by atoms with Gasteiger partial charge in [-0.25, -0.2) is 0 Å². The molecule has 0 saturated carbocycles. The number of carbonyl (C=O) groups excluding carboxylic acids is 1. The molecule has 18 heavy (non-hydrogen) atoms. The lowest BCUT2D eigenvalue weighted by molar-refractivity contribution is 0.0955. The van der Waals surface area contributed by atoms with Crippen molar-refractivity contribution in [3.05, 3.63) is 23.8 Å².